The molecule has 0 aromatic heterocycles. The van der Waals surface area contributed by atoms with Crippen LogP contribution in [0.5, 0.6) is 0 Å². The Bertz CT molecular complexity index is 96.6. The van der Waals surface area contributed by atoms with Crippen molar-refractivity contribution in [2.24, 2.45) is 11.5 Å². The van der Waals surface area contributed by atoms with E-state index in [0.29, 0.717) is 0 Å². The van der Waals surface area contributed by atoms with Crippen LogP contribution in [0.25, 0.3) is 0 Å². The van der Waals surface area contributed by atoms with Crippen molar-refractivity contribution in [2.45, 2.75) is 0 Å². The zero-order valence-corrected chi connectivity index (χ0v) is 3.00. The molecule has 0 rings (SSSR count). The Morgan fingerprint density at radius 3 is 1.83 bits per heavy atom. The summed E-state index contributed by atoms with van der Waals surface area (Å²) in [4.78, 5) is 0. The molecule has 6 heavy (non-hydrogen) atoms. The maximum atomic E-state index is 6.64. The first kappa shape index (κ1) is 2.17. The molecule has 0 aliphatic rings. The standard InChI is InChI=1S/C2H6N4/c3-1(4)2(5)6/h(H3,3,4)(H3,5,6)/i/hD2. The summed E-state index contributed by atoms with van der Waals surface area (Å²) in [6.07, 6.45) is 0. The lowest BCUT2D eigenvalue weighted by atomic mass is 10.6. The number of rotatable bonds is 0. The minimum atomic E-state index is -0.417. The molecule has 0 bridgehead atoms. The third-order valence-electron chi connectivity index (χ3n) is 0.250. The van der Waals surface area contributed by atoms with Crippen LogP contribution in [-0.2, 0) is 0 Å². The lowest BCUT2D eigenvalue weighted by Gasteiger charge is -1.84. The second-order valence-electron chi connectivity index (χ2n) is 0.750. The van der Waals surface area contributed by atoms with Crippen LogP contribution in [0.15, 0.2) is 0 Å². The average Bonchev–Trinajstić information content (AvgIpc) is 1.84. The molecule has 34 valence electrons. The van der Waals surface area contributed by atoms with E-state index in [1.54, 1.807) is 11.5 Å². The van der Waals surface area contributed by atoms with Gasteiger partial charge in [0.15, 0.2) is 14.5 Å². The first-order chi connectivity index (χ1) is 3.72. The third kappa shape index (κ3) is 1.28. The summed E-state index contributed by atoms with van der Waals surface area (Å²) < 4.78 is 12.6. The Kier molecular flexibility index (Phi) is 0.506. The highest BCUT2D eigenvalue weighted by molar-refractivity contribution is 6.36. The molecular weight excluding hydrogens is 80.1 g/mol. The second-order valence-corrected chi connectivity index (χ2v) is 0.750. The Labute approximate surface area is 38.1 Å². The molecule has 0 saturated carbocycles. The third-order valence-corrected chi connectivity index (χ3v) is 0.250. The van der Waals surface area contributed by atoms with Gasteiger partial charge in [-0.1, -0.05) is 0 Å². The fourth-order valence-corrected chi connectivity index (χ4v) is 0. The lowest BCUT2D eigenvalue weighted by Crippen LogP contribution is -2.28. The number of nitrogens with one attached hydrogen (secondary N) is 2. The van der Waals surface area contributed by atoms with Crippen molar-refractivity contribution in [3.05, 3.63) is 0 Å². The molecule has 0 fully saturated rings. The number of hydrogen-bond acceptors (Lipinski definition) is 2. The topological polar surface area (TPSA) is 99.7 Å². The number of amidine groups is 2. The second kappa shape index (κ2) is 1.40. The highest BCUT2D eigenvalue weighted by atomic mass is 14.8. The first-order valence-electron chi connectivity index (χ1n) is 2.25. The monoisotopic (exact) mass is 88.1 g/mol. The largest absolute Gasteiger partial charge is 0.381 e. The van der Waals surface area contributed by atoms with Crippen molar-refractivity contribution in [3.8, 4) is 0 Å². The predicted molar refractivity (Wildman–Crippen MR) is 23.8 cm³/mol. The Hall–Kier alpha value is -1.06. The van der Waals surface area contributed by atoms with Crippen LogP contribution in [0.3, 0.4) is 0 Å². The molecule has 4 nitrogen and oxygen atoms in total. The van der Waals surface area contributed by atoms with Crippen molar-refractivity contribution in [2.75, 3.05) is 0 Å². The van der Waals surface area contributed by atoms with Crippen LogP contribution in [-0.4, -0.2) is 11.7 Å². The van der Waals surface area contributed by atoms with E-state index in [1.165, 1.54) is 0 Å². The summed E-state index contributed by atoms with van der Waals surface area (Å²) in [5.74, 6) is -0.833. The Morgan fingerprint density at radius 2 is 1.67 bits per heavy atom. The molecule has 0 aliphatic carbocycles. The van der Waals surface area contributed by atoms with E-state index in [0.717, 1.165) is 0 Å². The SMILES string of the molecule is [2H]NC(=N)C(=N)N[2H]. The fraction of sp³-hybridized carbons (Fsp3) is 0. The minimum absolute atomic E-state index is 0.417. The van der Waals surface area contributed by atoms with Gasteiger partial charge in [-0.3, -0.25) is 10.8 Å². The predicted octanol–water partition coefficient (Wildman–Crippen LogP) is -1.14. The molecule has 0 atom stereocenters. The van der Waals surface area contributed by atoms with Crippen LogP contribution < -0.4 is 11.5 Å². The van der Waals surface area contributed by atoms with Crippen LogP contribution in [0.4, 0.5) is 0 Å². The van der Waals surface area contributed by atoms with Gasteiger partial charge in [-0.15, -0.1) is 0 Å². The summed E-state index contributed by atoms with van der Waals surface area (Å²) in [7, 11) is 0. The van der Waals surface area contributed by atoms with E-state index in [9.17, 15) is 0 Å². The molecule has 0 radical (unpaired) electrons. The number of nitrogens with two attached hydrogens (primary N) is 2. The van der Waals surface area contributed by atoms with Gasteiger partial charge >= 0.3 is 0 Å². The zero-order valence-electron chi connectivity index (χ0n) is 5.00. The highest BCUT2D eigenvalue weighted by Crippen LogP contribution is 1.48. The van der Waals surface area contributed by atoms with Crippen LogP contribution in [0.2, 0.25) is 2.82 Å². The molecule has 0 spiro atoms. The van der Waals surface area contributed by atoms with E-state index in [1.807, 2.05) is 0 Å². The van der Waals surface area contributed by atoms with Gasteiger partial charge in [-0.25, -0.2) is 0 Å². The maximum absolute atomic E-state index is 6.64. The number of hydrogen-bond donors (Lipinski definition) is 4. The van der Waals surface area contributed by atoms with E-state index in [2.05, 4.69) is 0 Å². The van der Waals surface area contributed by atoms with Gasteiger partial charge in [0, 0.05) is 0 Å². The smallest absolute Gasteiger partial charge is 0.158 e. The van der Waals surface area contributed by atoms with Gasteiger partial charge in [0.05, 0.1) is 0 Å². The molecule has 0 aromatic rings. The summed E-state index contributed by atoms with van der Waals surface area (Å²) in [5, 5.41) is 13.3. The lowest BCUT2D eigenvalue weighted by molar-refractivity contribution is 1.41. The minimum Gasteiger partial charge on any atom is -0.381 e. The molecule has 0 aliphatic heterocycles. The van der Waals surface area contributed by atoms with Gasteiger partial charge in [-0.2, -0.15) is 0 Å². The fourth-order valence-electron chi connectivity index (χ4n) is 0. The van der Waals surface area contributed by atoms with Gasteiger partial charge in [0.25, 0.3) is 0 Å². The van der Waals surface area contributed by atoms with E-state index in [-0.39, 0.29) is 0 Å². The van der Waals surface area contributed by atoms with Gasteiger partial charge in [0.2, 0.25) is 0 Å². The van der Waals surface area contributed by atoms with E-state index in [4.69, 9.17) is 13.6 Å². The summed E-state index contributed by atoms with van der Waals surface area (Å²) in [6.45, 7) is 0. The molecular formula is C2H6N4. The maximum Gasteiger partial charge on any atom is 0.158 e. The average molecular weight is 88.1 g/mol. The Balaban J connectivity index is 3.64. The molecule has 0 saturated heterocycles. The van der Waals surface area contributed by atoms with Crippen molar-refractivity contribution < 1.29 is 2.82 Å². The zero-order chi connectivity index (χ0) is 6.57. The van der Waals surface area contributed by atoms with E-state index >= 15 is 0 Å². The van der Waals surface area contributed by atoms with Gasteiger partial charge < -0.3 is 11.5 Å². The van der Waals surface area contributed by atoms with Crippen molar-refractivity contribution in [1.82, 2.24) is 0 Å². The molecule has 4 heteroatoms. The van der Waals surface area contributed by atoms with Crippen molar-refractivity contribution in [3.63, 3.8) is 0 Å². The first-order valence-corrected chi connectivity index (χ1v) is 1.25. The highest BCUT2D eigenvalue weighted by Gasteiger charge is 1.84. The van der Waals surface area contributed by atoms with Gasteiger partial charge in [-0.05, 0) is 0 Å². The Morgan fingerprint density at radius 1 is 1.33 bits per heavy atom. The van der Waals surface area contributed by atoms with Crippen LogP contribution >= 0.6 is 0 Å². The summed E-state index contributed by atoms with van der Waals surface area (Å²) >= 11 is 0. The van der Waals surface area contributed by atoms with Gasteiger partial charge in [0.1, 0.15) is 0 Å². The molecule has 6 N–H and O–H groups in total. The quantitative estimate of drug-likeness (QED) is 0.222. The molecule has 0 aromatic carbocycles. The van der Waals surface area contributed by atoms with Crippen LogP contribution in [0.1, 0.15) is 0 Å². The molecule has 0 heterocycles. The van der Waals surface area contributed by atoms with Crippen molar-refractivity contribution >= 4 is 11.7 Å². The molecule has 0 amide bonds. The van der Waals surface area contributed by atoms with E-state index < -0.39 is 11.7 Å². The summed E-state index contributed by atoms with van der Waals surface area (Å²) in [6, 6.07) is 0. The summed E-state index contributed by atoms with van der Waals surface area (Å²) in [5.41, 5.74) is 3.28. The van der Waals surface area contributed by atoms with Crippen molar-refractivity contribution in [1.29, 1.82) is 10.8 Å². The normalized spacial score (nSPS) is 10.7. The molecule has 0 unspecified atom stereocenters. The van der Waals surface area contributed by atoms with Crippen LogP contribution in [0, 0.1) is 10.8 Å².